The van der Waals surface area contributed by atoms with Gasteiger partial charge in [-0.3, -0.25) is 9.78 Å². The molecule has 3 nitrogen and oxygen atoms in total. The molecule has 0 aliphatic carbocycles. The summed E-state index contributed by atoms with van der Waals surface area (Å²) in [6.45, 7) is 2.94. The van der Waals surface area contributed by atoms with Crippen LogP contribution in [0.15, 0.2) is 36.5 Å². The summed E-state index contributed by atoms with van der Waals surface area (Å²) in [5.41, 5.74) is 1.58. The van der Waals surface area contributed by atoms with Crippen LogP contribution in [-0.4, -0.2) is 34.3 Å². The monoisotopic (exact) mass is 288 g/mol. The Morgan fingerprint density at radius 3 is 3.05 bits per heavy atom. The van der Waals surface area contributed by atoms with E-state index < -0.39 is 0 Å². The number of pyridine rings is 1. The fourth-order valence-electron chi connectivity index (χ4n) is 2.94. The van der Waals surface area contributed by atoms with Gasteiger partial charge in [0.2, 0.25) is 0 Å². The molecule has 1 aromatic carbocycles. The quantitative estimate of drug-likeness (QED) is 0.794. The molecule has 0 bridgehead atoms. The van der Waals surface area contributed by atoms with Gasteiger partial charge in [0.05, 0.1) is 5.52 Å². The molecule has 0 spiro atoms. The first kappa shape index (κ1) is 13.4. The molecule has 1 aromatic heterocycles. The van der Waals surface area contributed by atoms with Gasteiger partial charge in [0.25, 0.3) is 5.91 Å². The van der Waals surface area contributed by atoms with Crippen LogP contribution in [0.25, 0.3) is 10.9 Å². The van der Waals surface area contributed by atoms with Crippen LogP contribution in [0.5, 0.6) is 0 Å². The molecule has 1 aliphatic rings. The maximum atomic E-state index is 12.8. The third kappa shape index (κ3) is 2.16. The number of nitrogens with zero attached hydrogens (tertiary/aromatic N) is 2. The summed E-state index contributed by atoms with van der Waals surface area (Å²) in [6, 6.07) is 9.64. The van der Waals surface area contributed by atoms with Crippen LogP contribution in [0.3, 0.4) is 0 Å². The number of rotatable bonds is 2. The second-order valence-corrected chi connectivity index (χ2v) is 5.67. The van der Waals surface area contributed by atoms with E-state index in [1.54, 1.807) is 6.20 Å². The molecule has 4 heteroatoms. The number of carbonyl (C=O) groups excluding carboxylic acids is 1. The second-order valence-electron chi connectivity index (χ2n) is 5.36. The fourth-order valence-corrected chi connectivity index (χ4v) is 3.41. The number of likely N-dealkylation sites (tertiary alicyclic amines) is 1. The van der Waals surface area contributed by atoms with Gasteiger partial charge in [-0.15, -0.1) is 11.6 Å². The Labute approximate surface area is 123 Å². The molecule has 0 saturated carbocycles. The van der Waals surface area contributed by atoms with Crippen LogP contribution >= 0.6 is 11.6 Å². The zero-order chi connectivity index (χ0) is 14.1. The van der Waals surface area contributed by atoms with Gasteiger partial charge in [-0.05, 0) is 30.5 Å². The van der Waals surface area contributed by atoms with Crippen LogP contribution in [0, 0.1) is 5.92 Å². The number of hydrogen-bond acceptors (Lipinski definition) is 2. The lowest BCUT2D eigenvalue weighted by Crippen LogP contribution is -2.38. The van der Waals surface area contributed by atoms with Gasteiger partial charge in [0, 0.05) is 35.6 Å². The molecule has 0 radical (unpaired) electrons. The third-order valence-corrected chi connectivity index (χ3v) is 4.49. The summed E-state index contributed by atoms with van der Waals surface area (Å²) in [7, 11) is 0. The lowest BCUT2D eigenvalue weighted by atomic mass is 10.0. The zero-order valence-corrected chi connectivity index (χ0v) is 12.2. The fraction of sp³-hybridized carbons (Fsp3) is 0.375. The largest absolute Gasteiger partial charge is 0.334 e. The summed E-state index contributed by atoms with van der Waals surface area (Å²) in [6.07, 6.45) is 2.77. The van der Waals surface area contributed by atoms with Crippen LogP contribution in [0.1, 0.15) is 23.7 Å². The average molecular weight is 289 g/mol. The van der Waals surface area contributed by atoms with E-state index in [-0.39, 0.29) is 11.9 Å². The Balaban J connectivity index is 2.01. The van der Waals surface area contributed by atoms with E-state index in [4.69, 9.17) is 11.6 Å². The van der Waals surface area contributed by atoms with E-state index in [2.05, 4.69) is 11.9 Å². The van der Waals surface area contributed by atoms with Crippen molar-refractivity contribution in [3.8, 4) is 0 Å². The van der Waals surface area contributed by atoms with Crippen molar-refractivity contribution in [2.75, 3.05) is 12.4 Å². The van der Waals surface area contributed by atoms with Gasteiger partial charge in [-0.2, -0.15) is 0 Å². The number of benzene rings is 1. The summed E-state index contributed by atoms with van der Waals surface area (Å²) in [5, 5.41) is 0.910. The van der Waals surface area contributed by atoms with Crippen molar-refractivity contribution in [2.24, 2.45) is 5.92 Å². The molecule has 1 fully saturated rings. The van der Waals surface area contributed by atoms with Gasteiger partial charge in [0.15, 0.2) is 0 Å². The number of amides is 1. The summed E-state index contributed by atoms with van der Waals surface area (Å²) in [5.74, 6) is 1.03. The van der Waals surface area contributed by atoms with E-state index >= 15 is 0 Å². The van der Waals surface area contributed by atoms with Crippen molar-refractivity contribution in [3.63, 3.8) is 0 Å². The van der Waals surface area contributed by atoms with E-state index in [1.165, 1.54) is 0 Å². The highest BCUT2D eigenvalue weighted by atomic mass is 35.5. The maximum absolute atomic E-state index is 12.8. The topological polar surface area (TPSA) is 33.2 Å². The zero-order valence-electron chi connectivity index (χ0n) is 11.4. The minimum Gasteiger partial charge on any atom is -0.334 e. The van der Waals surface area contributed by atoms with Crippen LogP contribution in [-0.2, 0) is 0 Å². The molecular weight excluding hydrogens is 272 g/mol. The minimum atomic E-state index is 0.0681. The first-order valence-corrected chi connectivity index (χ1v) is 7.46. The molecular formula is C16H17ClN2O. The molecule has 2 heterocycles. The van der Waals surface area contributed by atoms with Crippen molar-refractivity contribution in [1.82, 2.24) is 9.88 Å². The minimum absolute atomic E-state index is 0.0681. The van der Waals surface area contributed by atoms with E-state index in [1.807, 2.05) is 35.2 Å². The lowest BCUT2D eigenvalue weighted by Gasteiger charge is -2.25. The van der Waals surface area contributed by atoms with E-state index in [0.29, 0.717) is 11.8 Å². The lowest BCUT2D eigenvalue weighted by molar-refractivity contribution is 0.0739. The highest BCUT2D eigenvalue weighted by molar-refractivity contribution is 6.18. The SMILES string of the molecule is CC1CCN(C(=O)c2cccc3ncccc23)C1CCl. The van der Waals surface area contributed by atoms with Gasteiger partial charge >= 0.3 is 0 Å². The molecule has 1 amide bonds. The van der Waals surface area contributed by atoms with Crippen molar-refractivity contribution in [1.29, 1.82) is 0 Å². The first-order chi connectivity index (χ1) is 9.72. The van der Waals surface area contributed by atoms with Crippen molar-refractivity contribution >= 4 is 28.4 Å². The number of alkyl halides is 1. The molecule has 20 heavy (non-hydrogen) atoms. The second kappa shape index (κ2) is 5.41. The first-order valence-electron chi connectivity index (χ1n) is 6.93. The average Bonchev–Trinajstić information content (AvgIpc) is 2.86. The summed E-state index contributed by atoms with van der Waals surface area (Å²) >= 11 is 6.04. The molecule has 0 N–H and O–H groups in total. The highest BCUT2D eigenvalue weighted by Crippen LogP contribution is 2.28. The van der Waals surface area contributed by atoms with Crippen molar-refractivity contribution < 1.29 is 4.79 Å². The number of hydrogen-bond donors (Lipinski definition) is 0. The van der Waals surface area contributed by atoms with Gasteiger partial charge in [-0.25, -0.2) is 0 Å². The normalized spacial score (nSPS) is 22.4. The molecule has 2 aromatic rings. The molecule has 104 valence electrons. The number of carbonyl (C=O) groups is 1. The van der Waals surface area contributed by atoms with Crippen LogP contribution in [0.4, 0.5) is 0 Å². The Kier molecular flexibility index (Phi) is 3.62. The molecule has 3 rings (SSSR count). The number of fused-ring (bicyclic) bond motifs is 1. The molecule has 1 saturated heterocycles. The van der Waals surface area contributed by atoms with Crippen molar-refractivity contribution in [2.45, 2.75) is 19.4 Å². The highest BCUT2D eigenvalue weighted by Gasteiger charge is 2.34. The Hall–Kier alpha value is -1.61. The van der Waals surface area contributed by atoms with Gasteiger partial charge in [-0.1, -0.05) is 19.1 Å². The Bertz CT molecular complexity index is 638. The number of halogens is 1. The van der Waals surface area contributed by atoms with E-state index in [0.717, 1.165) is 29.4 Å². The van der Waals surface area contributed by atoms with Gasteiger partial charge < -0.3 is 4.90 Å². The summed E-state index contributed by atoms with van der Waals surface area (Å²) in [4.78, 5) is 19.0. The standard InChI is InChI=1S/C16H17ClN2O/c1-11-7-9-19(15(11)10-17)16(20)13-4-2-6-14-12(13)5-3-8-18-14/h2-6,8,11,15H,7,9-10H2,1H3. The van der Waals surface area contributed by atoms with E-state index in [9.17, 15) is 4.79 Å². The smallest absolute Gasteiger partial charge is 0.254 e. The Morgan fingerprint density at radius 1 is 1.40 bits per heavy atom. The molecule has 2 atom stereocenters. The maximum Gasteiger partial charge on any atom is 0.254 e. The molecule has 1 aliphatic heterocycles. The van der Waals surface area contributed by atoms with Gasteiger partial charge in [0.1, 0.15) is 0 Å². The third-order valence-electron chi connectivity index (χ3n) is 4.18. The number of aromatic nitrogens is 1. The van der Waals surface area contributed by atoms with Crippen molar-refractivity contribution in [3.05, 3.63) is 42.1 Å². The Morgan fingerprint density at radius 2 is 2.25 bits per heavy atom. The predicted octanol–water partition coefficient (Wildman–Crippen LogP) is 3.32. The van der Waals surface area contributed by atoms with Crippen LogP contribution in [0.2, 0.25) is 0 Å². The van der Waals surface area contributed by atoms with Crippen LogP contribution < -0.4 is 0 Å². The summed E-state index contributed by atoms with van der Waals surface area (Å²) < 4.78 is 0. The predicted molar refractivity (Wildman–Crippen MR) is 81.1 cm³/mol. The molecule has 2 unspecified atom stereocenters.